The first-order valence-corrected chi connectivity index (χ1v) is 6.92. The number of benzene rings is 1. The molecule has 0 aliphatic carbocycles. The van der Waals surface area contributed by atoms with Gasteiger partial charge in [-0.1, -0.05) is 31.5 Å². The normalized spacial score (nSPS) is 11.0. The highest BCUT2D eigenvalue weighted by Crippen LogP contribution is 2.24. The maximum atomic E-state index is 5.87. The van der Waals surface area contributed by atoms with Crippen LogP contribution >= 0.6 is 0 Å². The molecule has 0 bridgehead atoms. The molecule has 0 amide bonds. The van der Waals surface area contributed by atoms with Gasteiger partial charge in [-0.2, -0.15) is 0 Å². The van der Waals surface area contributed by atoms with Gasteiger partial charge in [-0.05, 0) is 50.8 Å². The third kappa shape index (κ3) is 5.09. The van der Waals surface area contributed by atoms with Gasteiger partial charge in [0.15, 0.2) is 0 Å². The molecule has 1 aromatic carbocycles. The zero-order chi connectivity index (χ0) is 13.5. The van der Waals surface area contributed by atoms with Crippen LogP contribution in [0.3, 0.4) is 0 Å². The highest BCUT2D eigenvalue weighted by Gasteiger charge is 2.04. The summed E-state index contributed by atoms with van der Waals surface area (Å²) in [5, 5.41) is 3.41. The molecule has 0 fully saturated rings. The zero-order valence-corrected chi connectivity index (χ0v) is 12.5. The summed E-state index contributed by atoms with van der Waals surface area (Å²) >= 11 is 0. The molecule has 0 atom stereocenters. The van der Waals surface area contributed by atoms with Crippen LogP contribution in [0, 0.1) is 26.7 Å². The fraction of sp³-hybridized carbons (Fsp3) is 0.625. The predicted octanol–water partition coefficient (Wildman–Crippen LogP) is 3.63. The lowest BCUT2D eigenvalue weighted by molar-refractivity contribution is 0.308. The molecular formula is C16H27NO. The molecule has 0 aromatic heterocycles. The second kappa shape index (κ2) is 7.42. The van der Waals surface area contributed by atoms with E-state index in [0.717, 1.165) is 31.4 Å². The molecular weight excluding hydrogens is 222 g/mol. The van der Waals surface area contributed by atoms with E-state index in [4.69, 9.17) is 4.74 Å². The Morgan fingerprint density at radius 3 is 2.22 bits per heavy atom. The monoisotopic (exact) mass is 249 g/mol. The van der Waals surface area contributed by atoms with Crippen molar-refractivity contribution in [1.29, 1.82) is 0 Å². The van der Waals surface area contributed by atoms with Crippen molar-refractivity contribution < 1.29 is 4.74 Å². The summed E-state index contributed by atoms with van der Waals surface area (Å²) in [6, 6.07) is 4.35. The summed E-state index contributed by atoms with van der Waals surface area (Å²) < 4.78 is 5.87. The van der Waals surface area contributed by atoms with E-state index < -0.39 is 0 Å². The summed E-state index contributed by atoms with van der Waals surface area (Å²) in [7, 11) is 0. The third-order valence-corrected chi connectivity index (χ3v) is 3.03. The Labute approximate surface area is 112 Å². The van der Waals surface area contributed by atoms with Gasteiger partial charge >= 0.3 is 0 Å². The van der Waals surface area contributed by atoms with E-state index in [1.807, 2.05) is 0 Å². The topological polar surface area (TPSA) is 21.3 Å². The molecule has 0 saturated carbocycles. The maximum absolute atomic E-state index is 5.87. The second-order valence-electron chi connectivity index (χ2n) is 5.51. The average molecular weight is 249 g/mol. The largest absolute Gasteiger partial charge is 0.492 e. The molecule has 0 unspecified atom stereocenters. The van der Waals surface area contributed by atoms with Gasteiger partial charge in [-0.25, -0.2) is 0 Å². The van der Waals surface area contributed by atoms with Crippen LogP contribution in [0.2, 0.25) is 0 Å². The number of nitrogens with one attached hydrogen (secondary N) is 1. The first-order valence-electron chi connectivity index (χ1n) is 6.92. The molecule has 0 aliphatic heterocycles. The van der Waals surface area contributed by atoms with Gasteiger partial charge in [0.25, 0.3) is 0 Å². The summed E-state index contributed by atoms with van der Waals surface area (Å²) in [5.41, 5.74) is 3.76. The zero-order valence-electron chi connectivity index (χ0n) is 12.5. The Hall–Kier alpha value is -1.02. The van der Waals surface area contributed by atoms with Crippen molar-refractivity contribution in [3.8, 4) is 5.75 Å². The maximum Gasteiger partial charge on any atom is 0.125 e. The van der Waals surface area contributed by atoms with Crippen molar-refractivity contribution in [3.63, 3.8) is 0 Å². The van der Waals surface area contributed by atoms with Gasteiger partial charge in [0.1, 0.15) is 12.4 Å². The Bertz CT molecular complexity index is 348. The van der Waals surface area contributed by atoms with Crippen molar-refractivity contribution in [1.82, 2.24) is 5.32 Å². The van der Waals surface area contributed by atoms with Crippen molar-refractivity contribution in [2.24, 2.45) is 5.92 Å². The summed E-state index contributed by atoms with van der Waals surface area (Å²) in [6.45, 7) is 13.6. The van der Waals surface area contributed by atoms with Gasteiger partial charge in [0.05, 0.1) is 0 Å². The molecule has 0 saturated heterocycles. The first-order chi connectivity index (χ1) is 8.50. The lowest BCUT2D eigenvalue weighted by Gasteiger charge is -2.13. The van der Waals surface area contributed by atoms with Gasteiger partial charge in [0.2, 0.25) is 0 Å². The van der Waals surface area contributed by atoms with Crippen molar-refractivity contribution >= 4 is 0 Å². The van der Waals surface area contributed by atoms with E-state index in [-0.39, 0.29) is 0 Å². The lowest BCUT2D eigenvalue weighted by Crippen LogP contribution is -2.23. The number of aryl methyl sites for hydroxylation is 3. The van der Waals surface area contributed by atoms with Crippen LogP contribution in [-0.4, -0.2) is 19.7 Å². The van der Waals surface area contributed by atoms with Gasteiger partial charge < -0.3 is 10.1 Å². The van der Waals surface area contributed by atoms with Crippen molar-refractivity contribution in [3.05, 3.63) is 28.8 Å². The Morgan fingerprint density at radius 1 is 1.06 bits per heavy atom. The Kier molecular flexibility index (Phi) is 6.20. The fourth-order valence-corrected chi connectivity index (χ4v) is 2.14. The molecule has 0 heterocycles. The molecule has 1 aromatic rings. The Morgan fingerprint density at radius 2 is 1.67 bits per heavy atom. The molecule has 2 heteroatoms. The van der Waals surface area contributed by atoms with E-state index in [1.54, 1.807) is 0 Å². The number of ether oxygens (including phenoxy) is 1. The smallest absolute Gasteiger partial charge is 0.125 e. The second-order valence-corrected chi connectivity index (χ2v) is 5.51. The van der Waals surface area contributed by atoms with E-state index in [0.29, 0.717) is 0 Å². The highest BCUT2D eigenvalue weighted by atomic mass is 16.5. The molecule has 1 rings (SSSR count). The van der Waals surface area contributed by atoms with Crippen LogP contribution in [0.15, 0.2) is 12.1 Å². The predicted molar refractivity (Wildman–Crippen MR) is 78.5 cm³/mol. The summed E-state index contributed by atoms with van der Waals surface area (Å²) in [6.07, 6.45) is 1.22. The third-order valence-electron chi connectivity index (χ3n) is 3.03. The van der Waals surface area contributed by atoms with E-state index in [9.17, 15) is 0 Å². The summed E-state index contributed by atoms with van der Waals surface area (Å²) in [4.78, 5) is 0. The molecule has 2 nitrogen and oxygen atoms in total. The van der Waals surface area contributed by atoms with Gasteiger partial charge in [-0.3, -0.25) is 0 Å². The number of hydrogen-bond acceptors (Lipinski definition) is 2. The minimum Gasteiger partial charge on any atom is -0.492 e. The quantitative estimate of drug-likeness (QED) is 0.745. The SMILES string of the molecule is Cc1cc(C)c(OCCNCCC(C)C)c(C)c1. The standard InChI is InChI=1S/C16H27NO/c1-12(2)6-7-17-8-9-18-16-14(4)10-13(3)11-15(16)5/h10-12,17H,6-9H2,1-5H3. The van der Waals surface area contributed by atoms with E-state index >= 15 is 0 Å². The van der Waals surface area contributed by atoms with Gasteiger partial charge in [-0.15, -0.1) is 0 Å². The van der Waals surface area contributed by atoms with Crippen LogP contribution in [0.1, 0.15) is 37.0 Å². The van der Waals surface area contributed by atoms with E-state index in [1.165, 1.54) is 23.1 Å². The minimum atomic E-state index is 0.739. The molecule has 0 aliphatic rings. The van der Waals surface area contributed by atoms with Crippen molar-refractivity contribution in [2.45, 2.75) is 41.0 Å². The Balaban J connectivity index is 2.31. The van der Waals surface area contributed by atoms with E-state index in [2.05, 4.69) is 52.1 Å². The van der Waals surface area contributed by atoms with Gasteiger partial charge in [0, 0.05) is 6.54 Å². The van der Waals surface area contributed by atoms with Crippen LogP contribution in [0.25, 0.3) is 0 Å². The van der Waals surface area contributed by atoms with Crippen LogP contribution < -0.4 is 10.1 Å². The molecule has 18 heavy (non-hydrogen) atoms. The molecule has 1 N–H and O–H groups in total. The molecule has 102 valence electrons. The number of hydrogen-bond donors (Lipinski definition) is 1. The van der Waals surface area contributed by atoms with Crippen LogP contribution in [-0.2, 0) is 0 Å². The average Bonchev–Trinajstić information content (AvgIpc) is 2.25. The van der Waals surface area contributed by atoms with Crippen LogP contribution in [0.4, 0.5) is 0 Å². The molecule has 0 spiro atoms. The van der Waals surface area contributed by atoms with Crippen molar-refractivity contribution in [2.75, 3.05) is 19.7 Å². The van der Waals surface area contributed by atoms with Crippen LogP contribution in [0.5, 0.6) is 5.75 Å². The molecule has 0 radical (unpaired) electrons. The number of rotatable bonds is 7. The lowest BCUT2D eigenvalue weighted by atomic mass is 10.1. The highest BCUT2D eigenvalue weighted by molar-refractivity contribution is 5.42. The minimum absolute atomic E-state index is 0.739. The fourth-order valence-electron chi connectivity index (χ4n) is 2.14. The first kappa shape index (κ1) is 15.0. The summed E-state index contributed by atoms with van der Waals surface area (Å²) in [5.74, 6) is 1.81.